The van der Waals surface area contributed by atoms with Crippen LogP contribution in [-0.4, -0.2) is 15.1 Å². The second-order valence-corrected chi connectivity index (χ2v) is 5.52. The number of hydrogen-bond donors (Lipinski definition) is 0. The molecule has 8 heteroatoms. The fourth-order valence-corrected chi connectivity index (χ4v) is 2.71. The van der Waals surface area contributed by atoms with Gasteiger partial charge in [-0.25, -0.2) is 0 Å². The van der Waals surface area contributed by atoms with Crippen LogP contribution < -0.4 is 0 Å². The van der Waals surface area contributed by atoms with E-state index in [1.54, 1.807) is 13.0 Å². The maximum Gasteiger partial charge on any atom is 0.281 e. The van der Waals surface area contributed by atoms with Crippen molar-refractivity contribution >= 4 is 40.2 Å². The van der Waals surface area contributed by atoms with Crippen LogP contribution in [-0.2, 0) is 0 Å². The Morgan fingerprint density at radius 2 is 2.17 bits per heavy atom. The Labute approximate surface area is 117 Å². The molecule has 1 atom stereocenters. The molecule has 5 nitrogen and oxygen atoms in total. The number of nitrogens with zero attached hydrogens (tertiary/aromatic N) is 3. The largest absolute Gasteiger partial charge is 0.281 e. The maximum atomic E-state index is 11.0. The Kier molecular flexibility index (Phi) is 3.79. The quantitative estimate of drug-likeness (QED) is 0.487. The number of halogens is 2. The molecular weight excluding hydrogens is 297 g/mol. The van der Waals surface area contributed by atoms with E-state index in [-0.39, 0.29) is 21.7 Å². The predicted molar refractivity (Wildman–Crippen MR) is 71.3 cm³/mol. The molecule has 0 saturated heterocycles. The Morgan fingerprint density at radius 3 is 2.72 bits per heavy atom. The molecule has 0 radical (unpaired) electrons. The van der Waals surface area contributed by atoms with Crippen LogP contribution in [0.15, 0.2) is 18.2 Å². The summed E-state index contributed by atoms with van der Waals surface area (Å²) < 4.78 is 0. The van der Waals surface area contributed by atoms with Gasteiger partial charge in [0, 0.05) is 6.07 Å². The fraction of sp³-hybridized carbons (Fsp3) is 0.200. The molecule has 0 saturated carbocycles. The first kappa shape index (κ1) is 13.2. The lowest BCUT2D eigenvalue weighted by molar-refractivity contribution is -0.384. The van der Waals surface area contributed by atoms with Gasteiger partial charge in [-0.1, -0.05) is 29.0 Å². The number of nitro groups is 1. The van der Waals surface area contributed by atoms with Gasteiger partial charge in [-0.2, -0.15) is 0 Å². The van der Waals surface area contributed by atoms with Gasteiger partial charge in [0.05, 0.1) is 15.3 Å². The molecule has 0 aliphatic rings. The number of alkyl halides is 1. The molecule has 0 bridgehead atoms. The van der Waals surface area contributed by atoms with Crippen molar-refractivity contribution in [2.45, 2.75) is 12.3 Å². The average Bonchev–Trinajstić information content (AvgIpc) is 2.77. The van der Waals surface area contributed by atoms with Crippen LogP contribution in [0.25, 0.3) is 10.6 Å². The molecule has 2 aromatic rings. The van der Waals surface area contributed by atoms with E-state index >= 15 is 0 Å². The lowest BCUT2D eigenvalue weighted by atomic mass is 10.2. The van der Waals surface area contributed by atoms with Gasteiger partial charge in [0.2, 0.25) is 0 Å². The molecule has 1 aromatic carbocycles. The predicted octanol–water partition coefficient (Wildman–Crippen LogP) is 4.07. The standard InChI is InChI=1S/C10H7Cl2N3O2S/c1-5(11)9-13-14-10(18-9)8-6(12)3-2-4-7(8)15(16)17/h2-5H,1H3. The third kappa shape index (κ3) is 2.45. The summed E-state index contributed by atoms with van der Waals surface area (Å²) in [5, 5.41) is 19.7. The summed E-state index contributed by atoms with van der Waals surface area (Å²) >= 11 is 13.1. The van der Waals surface area contributed by atoms with Gasteiger partial charge in [-0.3, -0.25) is 10.1 Å². The third-order valence-corrected chi connectivity index (χ3v) is 3.96. The zero-order valence-electron chi connectivity index (χ0n) is 9.13. The van der Waals surface area contributed by atoms with Crippen LogP contribution in [0.5, 0.6) is 0 Å². The number of rotatable bonds is 3. The van der Waals surface area contributed by atoms with E-state index in [4.69, 9.17) is 23.2 Å². The molecule has 1 unspecified atom stereocenters. The lowest BCUT2D eigenvalue weighted by Gasteiger charge is -2.00. The Hall–Kier alpha value is -1.24. The average molecular weight is 304 g/mol. The highest BCUT2D eigenvalue weighted by Gasteiger charge is 2.22. The summed E-state index contributed by atoms with van der Waals surface area (Å²) in [7, 11) is 0. The minimum atomic E-state index is -0.494. The van der Waals surface area contributed by atoms with E-state index in [9.17, 15) is 10.1 Å². The van der Waals surface area contributed by atoms with Gasteiger partial charge < -0.3 is 0 Å². The molecular formula is C10H7Cl2N3O2S. The monoisotopic (exact) mass is 303 g/mol. The van der Waals surface area contributed by atoms with Crippen LogP contribution >= 0.6 is 34.5 Å². The zero-order valence-corrected chi connectivity index (χ0v) is 11.5. The van der Waals surface area contributed by atoms with Crippen molar-refractivity contribution in [2.24, 2.45) is 0 Å². The van der Waals surface area contributed by atoms with Gasteiger partial charge in [0.1, 0.15) is 10.6 Å². The topological polar surface area (TPSA) is 68.9 Å². The summed E-state index contributed by atoms with van der Waals surface area (Å²) in [6, 6.07) is 4.48. The first-order chi connectivity index (χ1) is 8.50. The summed E-state index contributed by atoms with van der Waals surface area (Å²) in [6.45, 7) is 1.76. The third-order valence-electron chi connectivity index (χ3n) is 2.18. The molecule has 0 fully saturated rings. The highest BCUT2D eigenvalue weighted by Crippen LogP contribution is 2.39. The zero-order chi connectivity index (χ0) is 13.3. The molecule has 1 heterocycles. The molecule has 0 aliphatic carbocycles. The van der Waals surface area contributed by atoms with Gasteiger partial charge in [-0.05, 0) is 13.0 Å². The van der Waals surface area contributed by atoms with Crippen molar-refractivity contribution in [1.82, 2.24) is 10.2 Å². The van der Waals surface area contributed by atoms with E-state index in [2.05, 4.69) is 10.2 Å². The number of aromatic nitrogens is 2. The first-order valence-electron chi connectivity index (χ1n) is 4.91. The first-order valence-corrected chi connectivity index (χ1v) is 6.54. The molecule has 0 N–H and O–H groups in total. The van der Waals surface area contributed by atoms with E-state index < -0.39 is 4.92 Å². The lowest BCUT2D eigenvalue weighted by Crippen LogP contribution is -1.92. The second-order valence-electron chi connectivity index (χ2n) is 3.45. The van der Waals surface area contributed by atoms with E-state index in [0.29, 0.717) is 10.0 Å². The summed E-state index contributed by atoms with van der Waals surface area (Å²) in [4.78, 5) is 10.5. The molecule has 94 valence electrons. The molecule has 2 rings (SSSR count). The van der Waals surface area contributed by atoms with E-state index in [1.807, 2.05) is 0 Å². The minimum Gasteiger partial charge on any atom is -0.258 e. The number of benzene rings is 1. The Bertz CT molecular complexity index is 601. The SMILES string of the molecule is CC(Cl)c1nnc(-c2c(Cl)cccc2[N+](=O)[O-])s1. The Morgan fingerprint density at radius 1 is 1.44 bits per heavy atom. The highest BCUT2D eigenvalue weighted by molar-refractivity contribution is 7.15. The molecule has 18 heavy (non-hydrogen) atoms. The number of nitro benzene ring substituents is 1. The van der Waals surface area contributed by atoms with E-state index in [1.165, 1.54) is 23.5 Å². The van der Waals surface area contributed by atoms with Crippen molar-refractivity contribution < 1.29 is 4.92 Å². The summed E-state index contributed by atoms with van der Waals surface area (Å²) in [5.74, 6) is 0. The summed E-state index contributed by atoms with van der Waals surface area (Å²) in [6.07, 6.45) is 0. The van der Waals surface area contributed by atoms with Crippen molar-refractivity contribution in [3.8, 4) is 10.6 Å². The van der Waals surface area contributed by atoms with Crippen LogP contribution in [0.4, 0.5) is 5.69 Å². The van der Waals surface area contributed by atoms with Crippen LogP contribution in [0.2, 0.25) is 5.02 Å². The smallest absolute Gasteiger partial charge is 0.258 e. The maximum absolute atomic E-state index is 11.0. The van der Waals surface area contributed by atoms with Crippen molar-refractivity contribution in [3.63, 3.8) is 0 Å². The molecule has 0 aliphatic heterocycles. The van der Waals surface area contributed by atoms with Crippen LogP contribution in [0.1, 0.15) is 17.3 Å². The van der Waals surface area contributed by atoms with Crippen molar-refractivity contribution in [3.05, 3.63) is 38.3 Å². The van der Waals surface area contributed by atoms with Crippen molar-refractivity contribution in [2.75, 3.05) is 0 Å². The van der Waals surface area contributed by atoms with Gasteiger partial charge in [0.25, 0.3) is 5.69 Å². The molecule has 1 aromatic heterocycles. The van der Waals surface area contributed by atoms with Crippen LogP contribution in [0.3, 0.4) is 0 Å². The molecule has 0 spiro atoms. The fourth-order valence-electron chi connectivity index (χ4n) is 1.37. The number of hydrogen-bond acceptors (Lipinski definition) is 5. The second kappa shape index (κ2) is 5.17. The van der Waals surface area contributed by atoms with Gasteiger partial charge in [0.15, 0.2) is 5.01 Å². The van der Waals surface area contributed by atoms with Gasteiger partial charge >= 0.3 is 0 Å². The molecule has 0 amide bonds. The highest BCUT2D eigenvalue weighted by atomic mass is 35.5. The van der Waals surface area contributed by atoms with Crippen LogP contribution in [0, 0.1) is 10.1 Å². The normalized spacial score (nSPS) is 12.4. The Balaban J connectivity index is 2.58. The summed E-state index contributed by atoms with van der Waals surface area (Å²) in [5.41, 5.74) is 0.192. The minimum absolute atomic E-state index is 0.0903. The van der Waals surface area contributed by atoms with Crippen molar-refractivity contribution in [1.29, 1.82) is 0 Å². The van der Waals surface area contributed by atoms with E-state index in [0.717, 1.165) is 0 Å². The van der Waals surface area contributed by atoms with Gasteiger partial charge in [-0.15, -0.1) is 21.8 Å².